The van der Waals surface area contributed by atoms with Crippen LogP contribution in [0.3, 0.4) is 0 Å². The lowest BCUT2D eigenvalue weighted by atomic mass is 9.97. The van der Waals surface area contributed by atoms with Crippen LogP contribution >= 0.6 is 0 Å². The molecule has 1 aromatic heterocycles. The molecule has 0 aromatic carbocycles. The first-order valence-electron chi connectivity index (χ1n) is 7.10. The van der Waals surface area contributed by atoms with Gasteiger partial charge in [-0.15, -0.1) is 0 Å². The van der Waals surface area contributed by atoms with Crippen LogP contribution in [0.25, 0.3) is 0 Å². The van der Waals surface area contributed by atoms with Crippen molar-refractivity contribution in [3.63, 3.8) is 0 Å². The summed E-state index contributed by atoms with van der Waals surface area (Å²) < 4.78 is 0. The molecule has 1 aromatic rings. The van der Waals surface area contributed by atoms with E-state index in [0.29, 0.717) is 12.1 Å². The fourth-order valence-electron chi connectivity index (χ4n) is 2.46. The van der Waals surface area contributed by atoms with Gasteiger partial charge in [-0.05, 0) is 43.1 Å². The third-order valence-corrected chi connectivity index (χ3v) is 3.54. The molecule has 1 aliphatic rings. The summed E-state index contributed by atoms with van der Waals surface area (Å²) in [5.41, 5.74) is 1.57. The van der Waals surface area contributed by atoms with Gasteiger partial charge in [0.1, 0.15) is 5.82 Å². The summed E-state index contributed by atoms with van der Waals surface area (Å²) in [5.74, 6) is 0.968. The van der Waals surface area contributed by atoms with Crippen molar-refractivity contribution < 1.29 is 0 Å². The van der Waals surface area contributed by atoms with Gasteiger partial charge in [0, 0.05) is 24.8 Å². The van der Waals surface area contributed by atoms with Crippen molar-refractivity contribution in [2.45, 2.75) is 39.3 Å². The number of nitrogens with one attached hydrogen (secondary N) is 3. The Labute approximate surface area is 116 Å². The maximum Gasteiger partial charge on any atom is 0.126 e. The highest BCUT2D eigenvalue weighted by Gasteiger charge is 2.26. The Balaban J connectivity index is 2.06. The topological polar surface area (TPSA) is 49.0 Å². The van der Waals surface area contributed by atoms with Gasteiger partial charge >= 0.3 is 0 Å². The Morgan fingerprint density at radius 1 is 1.42 bits per heavy atom. The maximum atomic E-state index is 4.41. The van der Waals surface area contributed by atoms with E-state index < -0.39 is 0 Å². The summed E-state index contributed by atoms with van der Waals surface area (Å²) in [5, 5.41) is 10.4. The third kappa shape index (κ3) is 3.91. The highest BCUT2D eigenvalue weighted by atomic mass is 15.1. The van der Waals surface area contributed by atoms with E-state index in [4.69, 9.17) is 0 Å². The third-order valence-electron chi connectivity index (χ3n) is 3.54. The maximum absolute atomic E-state index is 4.41. The Morgan fingerprint density at radius 2 is 2.21 bits per heavy atom. The van der Waals surface area contributed by atoms with E-state index in [-0.39, 0.29) is 5.41 Å². The summed E-state index contributed by atoms with van der Waals surface area (Å²) in [4.78, 5) is 4.41. The van der Waals surface area contributed by atoms with Crippen molar-refractivity contribution in [3.8, 4) is 0 Å². The first kappa shape index (κ1) is 14.3. The second-order valence-corrected chi connectivity index (χ2v) is 6.50. The molecule has 4 heteroatoms. The molecule has 0 spiro atoms. The fraction of sp³-hybridized carbons (Fsp3) is 0.667. The summed E-state index contributed by atoms with van der Waals surface area (Å²) in [6.07, 6.45) is 3.07. The van der Waals surface area contributed by atoms with Gasteiger partial charge in [0.2, 0.25) is 0 Å². The van der Waals surface area contributed by atoms with E-state index in [1.807, 2.05) is 13.2 Å². The molecule has 4 nitrogen and oxygen atoms in total. The molecule has 106 valence electrons. The molecule has 2 rings (SSSR count). The van der Waals surface area contributed by atoms with Crippen LogP contribution in [0.2, 0.25) is 0 Å². The van der Waals surface area contributed by atoms with Crippen molar-refractivity contribution in [2.24, 2.45) is 5.41 Å². The molecule has 0 saturated carbocycles. The number of hydrogen-bond donors (Lipinski definition) is 3. The van der Waals surface area contributed by atoms with Crippen molar-refractivity contribution >= 4 is 5.82 Å². The zero-order valence-electron chi connectivity index (χ0n) is 12.5. The Kier molecular flexibility index (Phi) is 4.42. The van der Waals surface area contributed by atoms with Crippen molar-refractivity contribution in [1.29, 1.82) is 0 Å². The molecule has 1 aliphatic heterocycles. The molecule has 1 fully saturated rings. The van der Waals surface area contributed by atoms with Crippen LogP contribution in [0.15, 0.2) is 18.3 Å². The summed E-state index contributed by atoms with van der Waals surface area (Å²) in [6.45, 7) is 8.67. The van der Waals surface area contributed by atoms with Crippen molar-refractivity contribution in [3.05, 3.63) is 23.9 Å². The van der Waals surface area contributed by atoms with Gasteiger partial charge in [-0.3, -0.25) is 0 Å². The highest BCUT2D eigenvalue weighted by molar-refractivity contribution is 5.39. The minimum Gasteiger partial charge on any atom is -0.370 e. The minimum atomic E-state index is 0.261. The highest BCUT2D eigenvalue weighted by Crippen LogP contribution is 2.25. The molecule has 0 radical (unpaired) electrons. The molecule has 0 aliphatic carbocycles. The lowest BCUT2D eigenvalue weighted by Gasteiger charge is -2.22. The van der Waals surface area contributed by atoms with Gasteiger partial charge in [0.25, 0.3) is 0 Å². The van der Waals surface area contributed by atoms with E-state index in [1.54, 1.807) is 0 Å². The molecule has 2 atom stereocenters. The Hall–Kier alpha value is -1.13. The van der Waals surface area contributed by atoms with E-state index >= 15 is 0 Å². The second-order valence-electron chi connectivity index (χ2n) is 6.50. The average molecular weight is 262 g/mol. The molecule has 2 heterocycles. The SMILES string of the molecule is CN[C@@H]1CCNC1c1ccnc(NCC(C)(C)C)c1. The molecular weight excluding hydrogens is 236 g/mol. The summed E-state index contributed by atoms with van der Waals surface area (Å²) in [6, 6.07) is 5.18. The zero-order valence-corrected chi connectivity index (χ0v) is 12.5. The predicted octanol–water partition coefficient (Wildman–Crippen LogP) is 2.16. The standard InChI is InChI=1S/C15H26N4/c1-15(2,3)10-19-13-9-11(5-7-17-13)14-12(16-4)6-8-18-14/h5,7,9,12,14,16,18H,6,8,10H2,1-4H3,(H,17,19)/t12-,14?/m1/s1. The molecule has 1 saturated heterocycles. The number of hydrogen-bond acceptors (Lipinski definition) is 4. The number of rotatable bonds is 4. The monoisotopic (exact) mass is 262 g/mol. The predicted molar refractivity (Wildman–Crippen MR) is 80.4 cm³/mol. The Bertz CT molecular complexity index is 411. The molecule has 19 heavy (non-hydrogen) atoms. The molecule has 1 unspecified atom stereocenters. The summed E-state index contributed by atoms with van der Waals surface area (Å²) >= 11 is 0. The van der Waals surface area contributed by atoms with E-state index in [2.05, 4.69) is 53.8 Å². The smallest absolute Gasteiger partial charge is 0.126 e. The summed E-state index contributed by atoms with van der Waals surface area (Å²) in [7, 11) is 2.03. The lowest BCUT2D eigenvalue weighted by Crippen LogP contribution is -2.31. The quantitative estimate of drug-likeness (QED) is 0.778. The minimum absolute atomic E-state index is 0.261. The molecule has 0 bridgehead atoms. The average Bonchev–Trinajstić information content (AvgIpc) is 2.84. The number of nitrogens with zero attached hydrogens (tertiary/aromatic N) is 1. The van der Waals surface area contributed by atoms with E-state index in [0.717, 1.165) is 18.9 Å². The lowest BCUT2D eigenvalue weighted by molar-refractivity contribution is 0.442. The largest absolute Gasteiger partial charge is 0.370 e. The Morgan fingerprint density at radius 3 is 2.89 bits per heavy atom. The van der Waals surface area contributed by atoms with Crippen LogP contribution < -0.4 is 16.0 Å². The van der Waals surface area contributed by atoms with Gasteiger partial charge in [0.15, 0.2) is 0 Å². The van der Waals surface area contributed by atoms with Gasteiger partial charge in [0.05, 0.1) is 0 Å². The van der Waals surface area contributed by atoms with Crippen molar-refractivity contribution in [2.75, 3.05) is 25.5 Å². The number of aromatic nitrogens is 1. The van der Waals surface area contributed by atoms with Crippen LogP contribution in [0.4, 0.5) is 5.82 Å². The molecule has 0 amide bonds. The molecular formula is C15H26N4. The number of anilines is 1. The second kappa shape index (κ2) is 5.88. The van der Waals surface area contributed by atoms with E-state index in [1.165, 1.54) is 12.0 Å². The first-order valence-corrected chi connectivity index (χ1v) is 7.10. The normalized spacial score (nSPS) is 23.6. The zero-order chi connectivity index (χ0) is 13.9. The van der Waals surface area contributed by atoms with Crippen LogP contribution in [0.1, 0.15) is 38.8 Å². The first-order chi connectivity index (χ1) is 8.99. The van der Waals surface area contributed by atoms with Crippen LogP contribution in [-0.2, 0) is 0 Å². The number of likely N-dealkylation sites (N-methyl/N-ethyl adjacent to an activating group) is 1. The van der Waals surface area contributed by atoms with Crippen LogP contribution in [-0.4, -0.2) is 31.2 Å². The van der Waals surface area contributed by atoms with Crippen molar-refractivity contribution in [1.82, 2.24) is 15.6 Å². The van der Waals surface area contributed by atoms with E-state index in [9.17, 15) is 0 Å². The molecule has 3 N–H and O–H groups in total. The van der Waals surface area contributed by atoms with Crippen LogP contribution in [0.5, 0.6) is 0 Å². The van der Waals surface area contributed by atoms with Gasteiger partial charge in [-0.2, -0.15) is 0 Å². The van der Waals surface area contributed by atoms with Crippen LogP contribution in [0, 0.1) is 5.41 Å². The van der Waals surface area contributed by atoms with Gasteiger partial charge in [-0.1, -0.05) is 20.8 Å². The number of pyridine rings is 1. The van der Waals surface area contributed by atoms with Gasteiger partial charge < -0.3 is 16.0 Å². The van der Waals surface area contributed by atoms with Gasteiger partial charge in [-0.25, -0.2) is 4.98 Å². The fourth-order valence-corrected chi connectivity index (χ4v) is 2.46.